The van der Waals surface area contributed by atoms with Crippen molar-refractivity contribution in [2.75, 3.05) is 5.75 Å². The van der Waals surface area contributed by atoms with Crippen LogP contribution in [0.2, 0.25) is 0 Å². The van der Waals surface area contributed by atoms with E-state index in [4.69, 9.17) is 5.73 Å². The molecule has 1 fully saturated rings. The number of nitrogens with two attached hydrogens (primary N) is 1. The minimum atomic E-state index is 0.208. The minimum absolute atomic E-state index is 0.208. The van der Waals surface area contributed by atoms with Gasteiger partial charge in [0.15, 0.2) is 0 Å². The van der Waals surface area contributed by atoms with Gasteiger partial charge in [-0.05, 0) is 42.4 Å². The molecule has 0 bridgehead atoms. The van der Waals surface area contributed by atoms with Crippen LogP contribution in [0.5, 0.6) is 5.75 Å². The normalized spacial score (nSPS) is 34.2. The number of thioether (sulfide) groups is 1. The van der Waals surface area contributed by atoms with Gasteiger partial charge in [-0.3, -0.25) is 0 Å². The van der Waals surface area contributed by atoms with Crippen LogP contribution in [0, 0.1) is 0 Å². The Bertz CT molecular complexity index is 393. The summed E-state index contributed by atoms with van der Waals surface area (Å²) >= 11 is 1.88. The summed E-state index contributed by atoms with van der Waals surface area (Å²) in [6.45, 7) is 0. The molecule has 3 rings (SSSR count). The number of hydrogen-bond donors (Lipinski definition) is 2. The van der Waals surface area contributed by atoms with E-state index in [0.717, 1.165) is 18.6 Å². The van der Waals surface area contributed by atoms with Crippen molar-refractivity contribution in [3.05, 3.63) is 23.8 Å². The fourth-order valence-corrected chi connectivity index (χ4v) is 3.71. The summed E-state index contributed by atoms with van der Waals surface area (Å²) in [5, 5.41) is 9.48. The lowest BCUT2D eigenvalue weighted by molar-refractivity contribution is 0.471. The van der Waals surface area contributed by atoms with E-state index >= 15 is 0 Å². The molecule has 0 amide bonds. The van der Waals surface area contributed by atoms with Gasteiger partial charge in [-0.15, -0.1) is 11.8 Å². The SMILES string of the molecule is NC1CC12CCSc1ccc(O)cc12. The second-order valence-electron chi connectivity index (χ2n) is 4.25. The lowest BCUT2D eigenvalue weighted by atomic mass is 9.91. The summed E-state index contributed by atoms with van der Waals surface area (Å²) in [5.41, 5.74) is 7.49. The Morgan fingerprint density at radius 1 is 1.50 bits per heavy atom. The third kappa shape index (κ3) is 1.03. The van der Waals surface area contributed by atoms with Crippen molar-refractivity contribution in [2.24, 2.45) is 5.73 Å². The minimum Gasteiger partial charge on any atom is -0.508 e. The summed E-state index contributed by atoms with van der Waals surface area (Å²) in [6.07, 6.45) is 2.25. The Hall–Kier alpha value is -0.670. The summed E-state index contributed by atoms with van der Waals surface area (Å²) in [4.78, 5) is 1.31. The van der Waals surface area contributed by atoms with Crippen LogP contribution in [-0.4, -0.2) is 16.9 Å². The number of benzene rings is 1. The maximum atomic E-state index is 9.48. The van der Waals surface area contributed by atoms with E-state index in [9.17, 15) is 5.11 Å². The highest BCUT2D eigenvalue weighted by atomic mass is 32.2. The van der Waals surface area contributed by atoms with Crippen LogP contribution >= 0.6 is 11.8 Å². The van der Waals surface area contributed by atoms with E-state index in [1.165, 1.54) is 10.5 Å². The van der Waals surface area contributed by atoms with Gasteiger partial charge in [0.2, 0.25) is 0 Å². The fraction of sp³-hybridized carbons (Fsp3) is 0.455. The molecule has 0 saturated heterocycles. The Balaban J connectivity index is 2.14. The Morgan fingerprint density at radius 2 is 2.29 bits per heavy atom. The van der Waals surface area contributed by atoms with Crippen LogP contribution in [0.1, 0.15) is 18.4 Å². The third-order valence-electron chi connectivity index (χ3n) is 3.44. The van der Waals surface area contributed by atoms with Crippen LogP contribution < -0.4 is 5.73 Å². The maximum absolute atomic E-state index is 9.48. The van der Waals surface area contributed by atoms with Crippen molar-refractivity contribution in [3.63, 3.8) is 0 Å². The third-order valence-corrected chi connectivity index (χ3v) is 4.51. The number of aromatic hydroxyl groups is 1. The van der Waals surface area contributed by atoms with Crippen LogP contribution in [-0.2, 0) is 5.41 Å². The first-order valence-corrected chi connectivity index (χ1v) is 5.93. The number of rotatable bonds is 0. The second kappa shape index (κ2) is 2.67. The fourth-order valence-electron chi connectivity index (χ4n) is 2.44. The van der Waals surface area contributed by atoms with E-state index in [0.29, 0.717) is 11.8 Å². The number of phenolic OH excluding ortho intramolecular Hbond substituents is 1. The Labute approximate surface area is 87.5 Å². The monoisotopic (exact) mass is 207 g/mol. The molecule has 3 heteroatoms. The second-order valence-corrected chi connectivity index (χ2v) is 5.38. The van der Waals surface area contributed by atoms with E-state index in [2.05, 4.69) is 0 Å². The first kappa shape index (κ1) is 8.62. The van der Waals surface area contributed by atoms with Crippen molar-refractivity contribution in [1.29, 1.82) is 0 Å². The zero-order valence-electron chi connectivity index (χ0n) is 7.86. The predicted octanol–water partition coefficient (Wildman–Crippen LogP) is 1.86. The van der Waals surface area contributed by atoms with Crippen molar-refractivity contribution in [1.82, 2.24) is 0 Å². The molecule has 1 aromatic rings. The molecule has 0 aromatic heterocycles. The molecule has 74 valence electrons. The maximum Gasteiger partial charge on any atom is 0.115 e. The van der Waals surface area contributed by atoms with Gasteiger partial charge in [0, 0.05) is 16.4 Å². The first-order chi connectivity index (χ1) is 6.72. The van der Waals surface area contributed by atoms with Gasteiger partial charge in [-0.25, -0.2) is 0 Å². The number of hydrogen-bond acceptors (Lipinski definition) is 3. The molecule has 2 unspecified atom stereocenters. The largest absolute Gasteiger partial charge is 0.508 e. The average molecular weight is 207 g/mol. The van der Waals surface area contributed by atoms with Gasteiger partial charge in [-0.2, -0.15) is 0 Å². The number of phenols is 1. The van der Waals surface area contributed by atoms with Crippen molar-refractivity contribution in [3.8, 4) is 5.75 Å². The lowest BCUT2D eigenvalue weighted by Crippen LogP contribution is -2.22. The van der Waals surface area contributed by atoms with Gasteiger partial charge in [0.05, 0.1) is 0 Å². The molecule has 2 atom stereocenters. The number of fused-ring (bicyclic) bond motifs is 2. The van der Waals surface area contributed by atoms with Crippen LogP contribution in [0.4, 0.5) is 0 Å². The topological polar surface area (TPSA) is 46.2 Å². The molecular weight excluding hydrogens is 194 g/mol. The molecule has 1 aromatic carbocycles. The average Bonchev–Trinajstić information content (AvgIpc) is 2.80. The van der Waals surface area contributed by atoms with Crippen LogP contribution in [0.25, 0.3) is 0 Å². The molecule has 1 aliphatic carbocycles. The molecule has 1 saturated carbocycles. The van der Waals surface area contributed by atoms with Crippen molar-refractivity contribution >= 4 is 11.8 Å². The zero-order chi connectivity index (χ0) is 9.76. The molecule has 2 nitrogen and oxygen atoms in total. The molecule has 1 aliphatic heterocycles. The highest BCUT2D eigenvalue weighted by Crippen LogP contribution is 2.56. The molecular formula is C11H13NOS. The van der Waals surface area contributed by atoms with Crippen LogP contribution in [0.15, 0.2) is 23.1 Å². The highest BCUT2D eigenvalue weighted by molar-refractivity contribution is 7.99. The summed E-state index contributed by atoms with van der Waals surface area (Å²) in [5.74, 6) is 1.52. The molecule has 14 heavy (non-hydrogen) atoms. The van der Waals surface area contributed by atoms with Gasteiger partial charge in [0.1, 0.15) is 5.75 Å². The zero-order valence-corrected chi connectivity index (χ0v) is 8.68. The first-order valence-electron chi connectivity index (χ1n) is 4.94. The van der Waals surface area contributed by atoms with E-state index < -0.39 is 0 Å². The lowest BCUT2D eigenvalue weighted by Gasteiger charge is -2.25. The van der Waals surface area contributed by atoms with Crippen molar-refractivity contribution < 1.29 is 5.11 Å². The summed E-state index contributed by atoms with van der Waals surface area (Å²) < 4.78 is 0. The van der Waals surface area contributed by atoms with Gasteiger partial charge >= 0.3 is 0 Å². The van der Waals surface area contributed by atoms with Crippen molar-refractivity contribution in [2.45, 2.75) is 29.2 Å². The van der Waals surface area contributed by atoms with Gasteiger partial charge < -0.3 is 10.8 Å². The molecule has 3 N–H and O–H groups in total. The highest BCUT2D eigenvalue weighted by Gasteiger charge is 2.54. The van der Waals surface area contributed by atoms with Gasteiger partial charge in [0.25, 0.3) is 0 Å². The van der Waals surface area contributed by atoms with E-state index in [1.54, 1.807) is 6.07 Å². The van der Waals surface area contributed by atoms with E-state index in [-0.39, 0.29) is 5.41 Å². The molecule has 0 radical (unpaired) electrons. The predicted molar refractivity (Wildman–Crippen MR) is 57.7 cm³/mol. The Kier molecular flexibility index (Phi) is 1.65. The molecule has 1 heterocycles. The van der Waals surface area contributed by atoms with Crippen LogP contribution in [0.3, 0.4) is 0 Å². The standard InChI is InChI=1S/C11H13NOS/c12-10-6-11(10)3-4-14-9-2-1-7(13)5-8(9)11/h1-2,5,10,13H,3-4,6,12H2. The summed E-state index contributed by atoms with van der Waals surface area (Å²) in [6, 6.07) is 5.98. The molecule has 2 aliphatic rings. The Morgan fingerprint density at radius 3 is 3.00 bits per heavy atom. The summed E-state index contributed by atoms with van der Waals surface area (Å²) in [7, 11) is 0. The molecule has 1 spiro atoms. The van der Waals surface area contributed by atoms with Gasteiger partial charge in [-0.1, -0.05) is 0 Å². The quantitative estimate of drug-likeness (QED) is 0.682. The smallest absolute Gasteiger partial charge is 0.115 e. The van der Waals surface area contributed by atoms with E-state index in [1.807, 2.05) is 23.9 Å².